The van der Waals surface area contributed by atoms with E-state index in [1.165, 1.54) is 25.1 Å². The van der Waals surface area contributed by atoms with Crippen molar-refractivity contribution in [3.63, 3.8) is 0 Å². The van der Waals surface area contributed by atoms with Crippen LogP contribution in [0.1, 0.15) is 30.3 Å². The first-order valence-corrected chi connectivity index (χ1v) is 8.36. The van der Waals surface area contributed by atoms with Crippen molar-refractivity contribution < 1.29 is 4.74 Å². The molecule has 124 valence electrons. The summed E-state index contributed by atoms with van der Waals surface area (Å²) in [5.41, 5.74) is 3.29. The molecule has 0 radical (unpaired) electrons. The highest BCUT2D eigenvalue weighted by molar-refractivity contribution is 5.54. The molecule has 0 spiro atoms. The number of piperidine rings is 1. The Kier molecular flexibility index (Phi) is 5.08. The van der Waals surface area contributed by atoms with Crippen LogP contribution in [0.5, 0.6) is 0 Å². The van der Waals surface area contributed by atoms with Crippen LogP contribution < -0.4 is 0 Å². The molecule has 1 saturated heterocycles. The number of hydrogen-bond donors (Lipinski definition) is 0. The minimum atomic E-state index is 0.509. The van der Waals surface area contributed by atoms with Crippen molar-refractivity contribution in [1.29, 1.82) is 0 Å². The van der Waals surface area contributed by atoms with Gasteiger partial charge in [0.05, 0.1) is 24.2 Å². The maximum atomic E-state index is 5.21. The summed E-state index contributed by atoms with van der Waals surface area (Å²) >= 11 is 0. The first-order valence-electron chi connectivity index (χ1n) is 8.36. The topological polar surface area (TPSA) is 43.2 Å². The summed E-state index contributed by atoms with van der Waals surface area (Å²) in [6.45, 7) is 6.06. The number of methoxy groups -OCH3 is 1. The van der Waals surface area contributed by atoms with Crippen LogP contribution >= 0.6 is 0 Å². The van der Waals surface area contributed by atoms with Crippen molar-refractivity contribution in [1.82, 2.24) is 19.4 Å². The van der Waals surface area contributed by atoms with Crippen LogP contribution in [0.15, 0.2) is 24.4 Å². The number of rotatable bonds is 5. The second-order valence-electron chi connectivity index (χ2n) is 6.33. The molecule has 1 aliphatic rings. The van der Waals surface area contributed by atoms with E-state index in [0.717, 1.165) is 36.9 Å². The fourth-order valence-electron chi connectivity index (χ4n) is 3.28. The maximum absolute atomic E-state index is 5.21. The van der Waals surface area contributed by atoms with Gasteiger partial charge in [0.15, 0.2) is 0 Å². The predicted octanol–water partition coefficient (Wildman–Crippen LogP) is 2.62. The summed E-state index contributed by atoms with van der Waals surface area (Å²) in [5.74, 6) is 1.52. The SMILES string of the molecule is COCCN1CCC[C@H](c2cccc(-c3cnc(C)n3C)n2)C1. The Morgan fingerprint density at radius 2 is 2.22 bits per heavy atom. The van der Waals surface area contributed by atoms with Crippen LogP contribution in [-0.4, -0.2) is 52.8 Å². The standard InChI is InChI=1S/C18H26N4O/c1-14-19-12-18(21(14)2)17-8-4-7-16(20-17)15-6-5-9-22(13-15)10-11-23-3/h4,7-8,12,15H,5-6,9-11,13H2,1-3H3/t15-/m0/s1. The number of aromatic nitrogens is 3. The number of hydrogen-bond acceptors (Lipinski definition) is 4. The van der Waals surface area contributed by atoms with Gasteiger partial charge in [-0.1, -0.05) is 6.07 Å². The van der Waals surface area contributed by atoms with Gasteiger partial charge in [-0.15, -0.1) is 0 Å². The Morgan fingerprint density at radius 1 is 1.35 bits per heavy atom. The van der Waals surface area contributed by atoms with Gasteiger partial charge in [-0.05, 0) is 38.4 Å². The molecule has 0 aliphatic carbocycles. The summed E-state index contributed by atoms with van der Waals surface area (Å²) < 4.78 is 7.31. The minimum Gasteiger partial charge on any atom is -0.383 e. The molecule has 0 amide bonds. The van der Waals surface area contributed by atoms with Gasteiger partial charge in [-0.2, -0.15) is 0 Å². The minimum absolute atomic E-state index is 0.509. The highest BCUT2D eigenvalue weighted by Crippen LogP contribution is 2.27. The Hall–Kier alpha value is -1.72. The van der Waals surface area contributed by atoms with Crippen LogP contribution in [0.3, 0.4) is 0 Å². The average Bonchev–Trinajstić information content (AvgIpc) is 2.93. The van der Waals surface area contributed by atoms with Gasteiger partial charge < -0.3 is 14.2 Å². The summed E-state index contributed by atoms with van der Waals surface area (Å²) in [6.07, 6.45) is 4.35. The van der Waals surface area contributed by atoms with Crippen LogP contribution in [0, 0.1) is 6.92 Å². The van der Waals surface area contributed by atoms with Crippen LogP contribution in [0.25, 0.3) is 11.4 Å². The van der Waals surface area contributed by atoms with Crippen LogP contribution in [0.4, 0.5) is 0 Å². The van der Waals surface area contributed by atoms with E-state index in [1.54, 1.807) is 7.11 Å². The first kappa shape index (κ1) is 16.1. The van der Waals surface area contributed by atoms with Gasteiger partial charge in [-0.25, -0.2) is 4.98 Å². The van der Waals surface area contributed by atoms with E-state index in [4.69, 9.17) is 9.72 Å². The molecule has 5 heteroatoms. The first-order chi connectivity index (χ1) is 11.2. The number of aryl methyl sites for hydroxylation is 1. The quantitative estimate of drug-likeness (QED) is 0.851. The van der Waals surface area contributed by atoms with Crippen molar-refractivity contribution in [2.45, 2.75) is 25.7 Å². The Bertz CT molecular complexity index is 652. The highest BCUT2D eigenvalue weighted by Gasteiger charge is 2.22. The average molecular weight is 314 g/mol. The van der Waals surface area contributed by atoms with E-state index >= 15 is 0 Å². The van der Waals surface area contributed by atoms with Gasteiger partial charge in [-0.3, -0.25) is 4.98 Å². The van der Waals surface area contributed by atoms with Gasteiger partial charge in [0, 0.05) is 38.9 Å². The molecule has 1 fully saturated rings. The molecule has 2 aromatic rings. The third kappa shape index (κ3) is 3.62. The van der Waals surface area contributed by atoms with E-state index in [1.807, 2.05) is 20.2 Å². The van der Waals surface area contributed by atoms with Gasteiger partial charge >= 0.3 is 0 Å². The maximum Gasteiger partial charge on any atom is 0.105 e. The van der Waals surface area contributed by atoms with Crippen LogP contribution in [0.2, 0.25) is 0 Å². The van der Waals surface area contributed by atoms with Crippen molar-refractivity contribution in [2.24, 2.45) is 7.05 Å². The monoisotopic (exact) mass is 314 g/mol. The number of pyridine rings is 1. The molecule has 1 atom stereocenters. The van der Waals surface area contributed by atoms with E-state index in [9.17, 15) is 0 Å². The molecule has 2 aromatic heterocycles. The summed E-state index contributed by atoms with van der Waals surface area (Å²) in [6, 6.07) is 6.36. The van der Waals surface area contributed by atoms with E-state index in [2.05, 4.69) is 32.7 Å². The van der Waals surface area contributed by atoms with Gasteiger partial charge in [0.25, 0.3) is 0 Å². The molecule has 0 bridgehead atoms. The lowest BCUT2D eigenvalue weighted by Crippen LogP contribution is -2.36. The number of imidazole rings is 1. The summed E-state index contributed by atoms with van der Waals surface area (Å²) in [7, 11) is 3.81. The second kappa shape index (κ2) is 7.23. The van der Waals surface area contributed by atoms with Crippen molar-refractivity contribution in [3.05, 3.63) is 35.9 Å². The zero-order valence-corrected chi connectivity index (χ0v) is 14.3. The number of ether oxygens (including phenoxy) is 1. The largest absolute Gasteiger partial charge is 0.383 e. The molecular weight excluding hydrogens is 288 g/mol. The van der Waals surface area contributed by atoms with Crippen LogP contribution in [-0.2, 0) is 11.8 Å². The van der Waals surface area contributed by atoms with Crippen molar-refractivity contribution in [2.75, 3.05) is 33.4 Å². The number of nitrogens with zero attached hydrogens (tertiary/aromatic N) is 4. The second-order valence-corrected chi connectivity index (χ2v) is 6.33. The zero-order valence-electron chi connectivity index (χ0n) is 14.3. The molecule has 1 aliphatic heterocycles. The Morgan fingerprint density at radius 3 is 2.96 bits per heavy atom. The normalized spacial score (nSPS) is 19.2. The molecule has 0 unspecified atom stereocenters. The van der Waals surface area contributed by atoms with Gasteiger partial charge in [0.1, 0.15) is 5.82 Å². The third-order valence-electron chi connectivity index (χ3n) is 4.79. The molecule has 0 aromatic carbocycles. The Labute approximate surface area is 138 Å². The van der Waals surface area contributed by atoms with E-state index in [-0.39, 0.29) is 0 Å². The molecule has 23 heavy (non-hydrogen) atoms. The lowest BCUT2D eigenvalue weighted by molar-refractivity contribution is 0.127. The number of likely N-dealkylation sites (tertiary alicyclic amines) is 1. The molecule has 3 heterocycles. The molecule has 0 saturated carbocycles. The molecule has 3 rings (SSSR count). The summed E-state index contributed by atoms with van der Waals surface area (Å²) in [5, 5.41) is 0. The lowest BCUT2D eigenvalue weighted by atomic mass is 9.94. The smallest absolute Gasteiger partial charge is 0.105 e. The molecule has 5 nitrogen and oxygen atoms in total. The van der Waals surface area contributed by atoms with Crippen molar-refractivity contribution >= 4 is 0 Å². The fourth-order valence-corrected chi connectivity index (χ4v) is 3.28. The van der Waals surface area contributed by atoms with Crippen molar-refractivity contribution in [3.8, 4) is 11.4 Å². The highest BCUT2D eigenvalue weighted by atomic mass is 16.5. The Balaban J connectivity index is 1.78. The lowest BCUT2D eigenvalue weighted by Gasteiger charge is -2.32. The predicted molar refractivity (Wildman–Crippen MR) is 91.5 cm³/mol. The molecular formula is C18H26N4O. The third-order valence-corrected chi connectivity index (χ3v) is 4.79. The van der Waals surface area contributed by atoms with E-state index < -0.39 is 0 Å². The van der Waals surface area contributed by atoms with Gasteiger partial charge in [0.2, 0.25) is 0 Å². The summed E-state index contributed by atoms with van der Waals surface area (Å²) in [4.78, 5) is 11.8. The zero-order chi connectivity index (χ0) is 16.2. The molecule has 0 N–H and O–H groups in total. The fraction of sp³-hybridized carbons (Fsp3) is 0.556. The van der Waals surface area contributed by atoms with E-state index in [0.29, 0.717) is 5.92 Å².